The number of rotatable bonds is 2. The monoisotopic (exact) mass is 309 g/mol. The van der Waals surface area contributed by atoms with Crippen LogP contribution in [-0.2, 0) is 9.53 Å². The Morgan fingerprint density at radius 1 is 1.29 bits per heavy atom. The second kappa shape index (κ2) is 6.50. The van der Waals surface area contributed by atoms with E-state index in [1.165, 1.54) is 4.90 Å². The Morgan fingerprint density at radius 3 is 2.43 bits per heavy atom. The minimum absolute atomic E-state index is 0.0819. The van der Waals surface area contributed by atoms with Crippen molar-refractivity contribution in [3.05, 3.63) is 0 Å². The molecule has 1 N–H and O–H groups in total. The van der Waals surface area contributed by atoms with Crippen molar-refractivity contribution in [1.29, 1.82) is 0 Å². The van der Waals surface area contributed by atoms with E-state index in [1.807, 2.05) is 6.92 Å². The molecule has 0 aromatic heterocycles. The zero-order valence-corrected chi connectivity index (χ0v) is 12.3. The molecule has 2 fully saturated rings. The fourth-order valence-electron chi connectivity index (χ4n) is 2.74. The smallest absolute Gasteiger partial charge is 0.375 e. The quantitative estimate of drug-likeness (QED) is 0.805. The summed E-state index contributed by atoms with van der Waals surface area (Å²) in [5, 5.41) is 3.11. The van der Waals surface area contributed by atoms with Gasteiger partial charge in [-0.3, -0.25) is 9.69 Å². The summed E-state index contributed by atoms with van der Waals surface area (Å²) in [6.45, 7) is 5.32. The summed E-state index contributed by atoms with van der Waals surface area (Å²) in [6, 6.07) is -1.87. The SMILES string of the molecule is CC(N1CCN(C(=O)[C@H]2NCCO[C@@H]2C)CC1)C(F)(F)F. The van der Waals surface area contributed by atoms with Crippen LogP contribution in [-0.4, -0.2) is 79.4 Å². The van der Waals surface area contributed by atoms with Crippen molar-refractivity contribution in [2.24, 2.45) is 0 Å². The third-order valence-corrected chi connectivity index (χ3v) is 4.23. The van der Waals surface area contributed by atoms with Crippen LogP contribution in [0.1, 0.15) is 13.8 Å². The summed E-state index contributed by atoms with van der Waals surface area (Å²) in [5.41, 5.74) is 0. The summed E-state index contributed by atoms with van der Waals surface area (Å²) in [6.07, 6.45) is -4.43. The Morgan fingerprint density at radius 2 is 1.90 bits per heavy atom. The number of nitrogens with zero attached hydrogens (tertiary/aromatic N) is 2. The first-order valence-corrected chi connectivity index (χ1v) is 7.25. The van der Waals surface area contributed by atoms with E-state index in [-0.39, 0.29) is 25.1 Å². The number of amides is 1. The van der Waals surface area contributed by atoms with Crippen molar-refractivity contribution in [2.45, 2.75) is 38.2 Å². The standard InChI is InChI=1S/C13H22F3N3O2/c1-9-11(17-3-8-21-9)12(20)19-6-4-18(5-7-19)10(2)13(14,15)16/h9-11,17H,3-8H2,1-2H3/t9-,10?,11+/m1/s1. The lowest BCUT2D eigenvalue weighted by molar-refractivity contribution is -0.183. The maximum absolute atomic E-state index is 12.7. The van der Waals surface area contributed by atoms with Crippen molar-refractivity contribution in [3.63, 3.8) is 0 Å². The summed E-state index contributed by atoms with van der Waals surface area (Å²) < 4.78 is 43.5. The minimum atomic E-state index is -4.22. The molecule has 2 heterocycles. The average molecular weight is 309 g/mol. The van der Waals surface area contributed by atoms with Gasteiger partial charge in [-0.15, -0.1) is 0 Å². The predicted octanol–water partition coefficient (Wildman–Crippen LogP) is 0.458. The van der Waals surface area contributed by atoms with Gasteiger partial charge in [-0.1, -0.05) is 0 Å². The minimum Gasteiger partial charge on any atom is -0.375 e. The van der Waals surface area contributed by atoms with Gasteiger partial charge in [0.25, 0.3) is 0 Å². The normalized spacial score (nSPS) is 30.2. The molecule has 0 saturated carbocycles. The van der Waals surface area contributed by atoms with Crippen molar-refractivity contribution in [1.82, 2.24) is 15.1 Å². The summed E-state index contributed by atoms with van der Waals surface area (Å²) >= 11 is 0. The summed E-state index contributed by atoms with van der Waals surface area (Å²) in [4.78, 5) is 15.4. The second-order valence-electron chi connectivity index (χ2n) is 5.59. The first kappa shape index (κ1) is 16.5. The number of nitrogens with one attached hydrogen (secondary N) is 1. The van der Waals surface area contributed by atoms with E-state index in [4.69, 9.17) is 4.74 Å². The number of hydrogen-bond donors (Lipinski definition) is 1. The molecule has 0 spiro atoms. The van der Waals surface area contributed by atoms with Gasteiger partial charge in [0, 0.05) is 32.7 Å². The van der Waals surface area contributed by atoms with E-state index in [2.05, 4.69) is 5.32 Å². The van der Waals surface area contributed by atoms with Gasteiger partial charge in [-0.25, -0.2) is 0 Å². The highest BCUT2D eigenvalue weighted by Gasteiger charge is 2.42. The molecule has 2 saturated heterocycles. The van der Waals surface area contributed by atoms with Crippen LogP contribution in [0.5, 0.6) is 0 Å². The first-order chi connectivity index (χ1) is 9.80. The van der Waals surface area contributed by atoms with Gasteiger partial charge in [0.15, 0.2) is 0 Å². The molecule has 2 rings (SSSR count). The van der Waals surface area contributed by atoms with Crippen LogP contribution in [0, 0.1) is 0 Å². The molecule has 0 aromatic carbocycles. The highest BCUT2D eigenvalue weighted by Crippen LogP contribution is 2.25. The highest BCUT2D eigenvalue weighted by molar-refractivity contribution is 5.82. The molecule has 3 atom stereocenters. The van der Waals surface area contributed by atoms with E-state index in [9.17, 15) is 18.0 Å². The van der Waals surface area contributed by atoms with E-state index < -0.39 is 18.3 Å². The van der Waals surface area contributed by atoms with E-state index >= 15 is 0 Å². The van der Waals surface area contributed by atoms with Crippen molar-refractivity contribution in [3.8, 4) is 0 Å². The number of carbonyl (C=O) groups is 1. The second-order valence-corrected chi connectivity index (χ2v) is 5.59. The third-order valence-electron chi connectivity index (χ3n) is 4.23. The number of piperazine rings is 1. The van der Waals surface area contributed by atoms with Crippen LogP contribution < -0.4 is 5.32 Å². The van der Waals surface area contributed by atoms with Crippen LogP contribution in [0.3, 0.4) is 0 Å². The number of alkyl halides is 3. The van der Waals surface area contributed by atoms with Crippen LogP contribution >= 0.6 is 0 Å². The van der Waals surface area contributed by atoms with Crippen molar-refractivity contribution >= 4 is 5.91 Å². The largest absolute Gasteiger partial charge is 0.403 e. The third kappa shape index (κ3) is 3.87. The summed E-state index contributed by atoms with van der Waals surface area (Å²) in [7, 11) is 0. The number of halogens is 3. The fraction of sp³-hybridized carbons (Fsp3) is 0.923. The number of carbonyl (C=O) groups excluding carboxylic acids is 1. The average Bonchev–Trinajstić information content (AvgIpc) is 2.45. The lowest BCUT2D eigenvalue weighted by Crippen LogP contribution is -2.61. The van der Waals surface area contributed by atoms with Crippen LogP contribution in [0.25, 0.3) is 0 Å². The van der Waals surface area contributed by atoms with Gasteiger partial charge < -0.3 is 15.0 Å². The van der Waals surface area contributed by atoms with Crippen molar-refractivity contribution < 1.29 is 22.7 Å². The van der Waals surface area contributed by atoms with Crippen LogP contribution in [0.4, 0.5) is 13.2 Å². The van der Waals surface area contributed by atoms with Gasteiger partial charge >= 0.3 is 6.18 Å². The maximum Gasteiger partial charge on any atom is 0.403 e. The zero-order valence-electron chi connectivity index (χ0n) is 12.3. The van der Waals surface area contributed by atoms with E-state index in [0.29, 0.717) is 26.2 Å². The molecule has 21 heavy (non-hydrogen) atoms. The Kier molecular flexibility index (Phi) is 5.11. The van der Waals surface area contributed by atoms with E-state index in [1.54, 1.807) is 4.90 Å². The molecule has 1 unspecified atom stereocenters. The summed E-state index contributed by atoms with van der Waals surface area (Å²) in [5.74, 6) is -0.0819. The Hall–Kier alpha value is -0.860. The van der Waals surface area contributed by atoms with Gasteiger partial charge in [-0.05, 0) is 13.8 Å². The molecular weight excluding hydrogens is 287 g/mol. The maximum atomic E-state index is 12.7. The van der Waals surface area contributed by atoms with Crippen LogP contribution in [0.15, 0.2) is 0 Å². The number of hydrogen-bond acceptors (Lipinski definition) is 4. The molecule has 0 bridgehead atoms. The van der Waals surface area contributed by atoms with Gasteiger partial charge in [-0.2, -0.15) is 13.2 Å². The highest BCUT2D eigenvalue weighted by atomic mass is 19.4. The van der Waals surface area contributed by atoms with E-state index in [0.717, 1.165) is 6.92 Å². The number of ether oxygens (including phenoxy) is 1. The molecule has 0 aliphatic carbocycles. The Balaban J connectivity index is 1.87. The number of morpholine rings is 1. The molecule has 0 radical (unpaired) electrons. The van der Waals surface area contributed by atoms with Gasteiger partial charge in [0.05, 0.1) is 12.7 Å². The molecular formula is C13H22F3N3O2. The zero-order chi connectivity index (χ0) is 15.6. The Bertz CT molecular complexity index is 370. The molecule has 2 aliphatic rings. The first-order valence-electron chi connectivity index (χ1n) is 7.25. The lowest BCUT2D eigenvalue weighted by atomic mass is 10.1. The molecule has 0 aromatic rings. The van der Waals surface area contributed by atoms with Crippen LogP contribution in [0.2, 0.25) is 0 Å². The molecule has 2 aliphatic heterocycles. The fourth-order valence-corrected chi connectivity index (χ4v) is 2.74. The predicted molar refractivity (Wildman–Crippen MR) is 70.9 cm³/mol. The lowest BCUT2D eigenvalue weighted by Gasteiger charge is -2.41. The molecule has 8 heteroatoms. The van der Waals surface area contributed by atoms with Gasteiger partial charge in [0.1, 0.15) is 12.1 Å². The molecule has 122 valence electrons. The molecule has 1 amide bonds. The topological polar surface area (TPSA) is 44.8 Å². The Labute approximate surface area is 122 Å². The van der Waals surface area contributed by atoms with Gasteiger partial charge in [0.2, 0.25) is 5.91 Å². The van der Waals surface area contributed by atoms with Crippen molar-refractivity contribution in [2.75, 3.05) is 39.3 Å². The molecule has 5 nitrogen and oxygen atoms in total.